The molecule has 1 aromatic heterocycles. The lowest BCUT2D eigenvalue weighted by atomic mass is 10.0. The standard InChI is InChI=1S/C18H21NO4S/c1-19(15-5-6-24(21,22)11-15)18(20)9-14-10-23-17-8-13-4-2-3-12(13)7-16(14)17/h7-8,10,15H,2-6,9,11H2,1H3. The van der Waals surface area contributed by atoms with Crippen LogP contribution in [0.25, 0.3) is 11.0 Å². The number of amides is 1. The zero-order chi connectivity index (χ0) is 16.9. The van der Waals surface area contributed by atoms with Gasteiger partial charge in [-0.15, -0.1) is 0 Å². The number of carbonyl (C=O) groups excluding carboxylic acids is 1. The quantitative estimate of drug-likeness (QED) is 0.853. The molecule has 1 unspecified atom stereocenters. The molecule has 2 heterocycles. The largest absolute Gasteiger partial charge is 0.464 e. The molecule has 0 bridgehead atoms. The number of benzene rings is 1. The molecule has 1 amide bonds. The molecule has 1 aliphatic carbocycles. The Hall–Kier alpha value is -1.82. The molecule has 2 aliphatic rings. The van der Waals surface area contributed by atoms with Crippen LogP contribution in [0.15, 0.2) is 22.8 Å². The fourth-order valence-corrected chi connectivity index (χ4v) is 5.63. The van der Waals surface area contributed by atoms with Crippen LogP contribution in [0.1, 0.15) is 29.5 Å². The number of hydrogen-bond donors (Lipinski definition) is 0. The zero-order valence-corrected chi connectivity index (χ0v) is 14.6. The van der Waals surface area contributed by atoms with Crippen molar-refractivity contribution in [2.75, 3.05) is 18.6 Å². The Morgan fingerprint density at radius 3 is 2.75 bits per heavy atom. The van der Waals surface area contributed by atoms with E-state index in [2.05, 4.69) is 12.1 Å². The molecule has 1 atom stereocenters. The van der Waals surface area contributed by atoms with Crippen molar-refractivity contribution in [3.05, 3.63) is 35.1 Å². The molecule has 1 saturated heterocycles. The zero-order valence-electron chi connectivity index (χ0n) is 13.7. The molecular formula is C18H21NO4S. The first-order valence-electron chi connectivity index (χ1n) is 8.41. The van der Waals surface area contributed by atoms with Gasteiger partial charge in [-0.2, -0.15) is 0 Å². The minimum absolute atomic E-state index is 0.0553. The molecule has 6 heteroatoms. The van der Waals surface area contributed by atoms with E-state index in [1.54, 1.807) is 18.2 Å². The van der Waals surface area contributed by atoms with Crippen molar-refractivity contribution in [2.24, 2.45) is 0 Å². The predicted molar refractivity (Wildman–Crippen MR) is 91.8 cm³/mol. The lowest BCUT2D eigenvalue weighted by Gasteiger charge is -2.23. The van der Waals surface area contributed by atoms with Crippen LogP contribution in [-0.2, 0) is 33.9 Å². The second-order valence-electron chi connectivity index (χ2n) is 6.97. The number of fused-ring (bicyclic) bond motifs is 2. The van der Waals surface area contributed by atoms with E-state index >= 15 is 0 Å². The lowest BCUT2D eigenvalue weighted by molar-refractivity contribution is -0.130. The van der Waals surface area contributed by atoms with Gasteiger partial charge in [-0.25, -0.2) is 8.42 Å². The number of rotatable bonds is 3. The van der Waals surface area contributed by atoms with Gasteiger partial charge in [0.2, 0.25) is 5.91 Å². The van der Waals surface area contributed by atoms with Crippen molar-refractivity contribution in [1.82, 2.24) is 4.90 Å². The number of hydrogen-bond acceptors (Lipinski definition) is 4. The summed E-state index contributed by atoms with van der Waals surface area (Å²) in [7, 11) is -1.29. The van der Waals surface area contributed by atoms with Gasteiger partial charge >= 0.3 is 0 Å². The van der Waals surface area contributed by atoms with Gasteiger partial charge in [0.1, 0.15) is 5.58 Å². The molecular weight excluding hydrogens is 326 g/mol. The molecule has 2 aromatic rings. The average Bonchev–Trinajstić information content (AvgIpc) is 3.23. The first-order valence-corrected chi connectivity index (χ1v) is 10.2. The third kappa shape index (κ3) is 2.73. The highest BCUT2D eigenvalue weighted by Gasteiger charge is 2.32. The lowest BCUT2D eigenvalue weighted by Crippen LogP contribution is -2.38. The Kier molecular flexibility index (Phi) is 3.67. The van der Waals surface area contributed by atoms with E-state index in [4.69, 9.17) is 4.42 Å². The first kappa shape index (κ1) is 15.7. The van der Waals surface area contributed by atoms with E-state index in [9.17, 15) is 13.2 Å². The topological polar surface area (TPSA) is 67.6 Å². The fourth-order valence-electron chi connectivity index (χ4n) is 3.86. The van der Waals surface area contributed by atoms with Gasteiger partial charge in [0.15, 0.2) is 9.84 Å². The Morgan fingerprint density at radius 1 is 1.29 bits per heavy atom. The van der Waals surface area contributed by atoms with Gasteiger partial charge in [0.05, 0.1) is 24.2 Å². The number of nitrogens with zero attached hydrogens (tertiary/aromatic N) is 1. The number of sulfone groups is 1. The van der Waals surface area contributed by atoms with E-state index in [1.807, 2.05) is 0 Å². The van der Waals surface area contributed by atoms with Gasteiger partial charge in [-0.05, 0) is 48.9 Å². The highest BCUT2D eigenvalue weighted by Crippen LogP contribution is 2.31. The molecule has 0 spiro atoms. The van der Waals surface area contributed by atoms with Gasteiger partial charge in [-0.1, -0.05) is 0 Å². The second-order valence-corrected chi connectivity index (χ2v) is 9.20. The summed E-state index contributed by atoms with van der Waals surface area (Å²) in [4.78, 5) is 14.2. The number of aryl methyl sites for hydroxylation is 2. The molecule has 0 saturated carbocycles. The summed E-state index contributed by atoms with van der Waals surface area (Å²) in [6.45, 7) is 0. The maximum atomic E-state index is 12.6. The second kappa shape index (κ2) is 5.62. The van der Waals surface area contributed by atoms with Crippen molar-refractivity contribution >= 4 is 26.7 Å². The molecule has 0 N–H and O–H groups in total. The third-order valence-electron chi connectivity index (χ3n) is 5.36. The Labute approximate surface area is 141 Å². The van der Waals surface area contributed by atoms with Gasteiger partial charge in [-0.3, -0.25) is 4.79 Å². The van der Waals surface area contributed by atoms with Crippen LogP contribution in [0.5, 0.6) is 0 Å². The Morgan fingerprint density at radius 2 is 2.04 bits per heavy atom. The molecule has 1 aromatic carbocycles. The smallest absolute Gasteiger partial charge is 0.227 e. The number of carbonyl (C=O) groups is 1. The van der Waals surface area contributed by atoms with Crippen LogP contribution in [0.4, 0.5) is 0 Å². The van der Waals surface area contributed by atoms with Crippen molar-refractivity contribution in [1.29, 1.82) is 0 Å². The van der Waals surface area contributed by atoms with Crippen molar-refractivity contribution in [2.45, 2.75) is 38.1 Å². The van der Waals surface area contributed by atoms with Crippen LogP contribution in [0.3, 0.4) is 0 Å². The Balaban J connectivity index is 1.55. The van der Waals surface area contributed by atoms with Crippen LogP contribution >= 0.6 is 0 Å². The normalized spacial score (nSPS) is 22.0. The van der Waals surface area contributed by atoms with E-state index in [0.717, 1.165) is 29.4 Å². The summed E-state index contributed by atoms with van der Waals surface area (Å²) < 4.78 is 28.9. The van der Waals surface area contributed by atoms with Gasteiger partial charge < -0.3 is 9.32 Å². The van der Waals surface area contributed by atoms with Gasteiger partial charge in [0.25, 0.3) is 0 Å². The summed E-state index contributed by atoms with van der Waals surface area (Å²) >= 11 is 0. The summed E-state index contributed by atoms with van der Waals surface area (Å²) in [5.74, 6) is 0.200. The van der Waals surface area contributed by atoms with Gasteiger partial charge in [0, 0.05) is 24.0 Å². The number of furan rings is 1. The fraction of sp³-hybridized carbons (Fsp3) is 0.500. The van der Waals surface area contributed by atoms with Crippen molar-refractivity contribution < 1.29 is 17.6 Å². The predicted octanol–water partition coefficient (Wildman–Crippen LogP) is 2.11. The summed E-state index contributed by atoms with van der Waals surface area (Å²) in [5.41, 5.74) is 4.43. The van der Waals surface area contributed by atoms with Crippen LogP contribution in [0, 0.1) is 0 Å². The van der Waals surface area contributed by atoms with Crippen molar-refractivity contribution in [3.63, 3.8) is 0 Å². The van der Waals surface area contributed by atoms with Crippen LogP contribution in [0.2, 0.25) is 0 Å². The molecule has 128 valence electrons. The maximum absolute atomic E-state index is 12.6. The van der Waals surface area contributed by atoms with E-state index in [0.29, 0.717) is 6.42 Å². The number of likely N-dealkylation sites (N-methyl/N-ethyl adjacent to an activating group) is 1. The molecule has 4 rings (SSSR count). The summed E-state index contributed by atoms with van der Waals surface area (Å²) in [5, 5.41) is 1.01. The molecule has 24 heavy (non-hydrogen) atoms. The van der Waals surface area contributed by atoms with E-state index in [-0.39, 0.29) is 29.9 Å². The van der Waals surface area contributed by atoms with Crippen LogP contribution in [-0.4, -0.2) is 43.8 Å². The highest BCUT2D eigenvalue weighted by molar-refractivity contribution is 7.91. The minimum atomic E-state index is -2.99. The minimum Gasteiger partial charge on any atom is -0.464 e. The molecule has 1 aliphatic heterocycles. The SMILES string of the molecule is CN(C(=O)Cc1coc2cc3c(cc12)CCC3)C1CCS(=O)(=O)C1. The summed E-state index contributed by atoms with van der Waals surface area (Å²) in [6, 6.07) is 4.05. The summed E-state index contributed by atoms with van der Waals surface area (Å²) in [6.07, 6.45) is 5.80. The molecule has 0 radical (unpaired) electrons. The third-order valence-corrected chi connectivity index (χ3v) is 7.11. The van der Waals surface area contributed by atoms with E-state index in [1.165, 1.54) is 17.5 Å². The van der Waals surface area contributed by atoms with E-state index < -0.39 is 9.84 Å². The molecule has 1 fully saturated rings. The average molecular weight is 347 g/mol. The Bertz CT molecular complexity index is 912. The molecule has 5 nitrogen and oxygen atoms in total. The monoisotopic (exact) mass is 347 g/mol. The maximum Gasteiger partial charge on any atom is 0.227 e. The van der Waals surface area contributed by atoms with Crippen LogP contribution < -0.4 is 0 Å². The first-order chi connectivity index (χ1) is 11.4. The highest BCUT2D eigenvalue weighted by atomic mass is 32.2. The van der Waals surface area contributed by atoms with Crippen molar-refractivity contribution in [3.8, 4) is 0 Å².